The molecule has 2 aromatic rings. The van der Waals surface area contributed by atoms with Gasteiger partial charge in [-0.2, -0.15) is 0 Å². The topological polar surface area (TPSA) is 64.3 Å². The zero-order valence-corrected chi connectivity index (χ0v) is 12.2. The van der Waals surface area contributed by atoms with Crippen molar-refractivity contribution in [2.24, 2.45) is 0 Å². The minimum absolute atomic E-state index is 0.0317. The van der Waals surface area contributed by atoms with Crippen LogP contribution < -0.4 is 15.8 Å². The van der Waals surface area contributed by atoms with E-state index < -0.39 is 0 Å². The van der Waals surface area contributed by atoms with Crippen molar-refractivity contribution in [2.75, 3.05) is 12.3 Å². The van der Waals surface area contributed by atoms with Gasteiger partial charge >= 0.3 is 0 Å². The molecule has 0 saturated heterocycles. The lowest BCUT2D eigenvalue weighted by Gasteiger charge is -2.16. The monoisotopic (exact) mass is 290 g/mol. The van der Waals surface area contributed by atoms with Crippen LogP contribution in [-0.2, 0) is 4.79 Å². The first kappa shape index (κ1) is 14.4. The van der Waals surface area contributed by atoms with Gasteiger partial charge in [-0.3, -0.25) is 4.79 Å². The maximum absolute atomic E-state index is 11.9. The molecule has 0 saturated carbocycles. The van der Waals surface area contributed by atoms with Crippen LogP contribution >= 0.6 is 11.3 Å². The number of amides is 1. The number of benzene rings is 1. The van der Waals surface area contributed by atoms with Gasteiger partial charge in [0.1, 0.15) is 5.75 Å². The summed E-state index contributed by atoms with van der Waals surface area (Å²) in [6, 6.07) is 11.2. The number of ether oxygens (including phenoxy) is 1. The van der Waals surface area contributed by atoms with Gasteiger partial charge in [0, 0.05) is 4.88 Å². The fourth-order valence-corrected chi connectivity index (χ4v) is 2.72. The van der Waals surface area contributed by atoms with E-state index in [1.165, 1.54) is 0 Å². The first-order chi connectivity index (χ1) is 9.70. The van der Waals surface area contributed by atoms with E-state index in [1.807, 2.05) is 36.6 Å². The summed E-state index contributed by atoms with van der Waals surface area (Å²) in [5.41, 5.74) is 6.29. The Bertz CT molecular complexity index is 555. The summed E-state index contributed by atoms with van der Waals surface area (Å²) in [7, 11) is 0. The van der Waals surface area contributed by atoms with E-state index in [-0.39, 0.29) is 18.6 Å². The second-order valence-corrected chi connectivity index (χ2v) is 5.35. The average molecular weight is 290 g/mol. The number of para-hydroxylation sites is 2. The van der Waals surface area contributed by atoms with Crippen LogP contribution in [0.15, 0.2) is 41.8 Å². The largest absolute Gasteiger partial charge is 0.482 e. The van der Waals surface area contributed by atoms with Gasteiger partial charge in [-0.1, -0.05) is 25.1 Å². The number of nitrogens with one attached hydrogen (secondary N) is 1. The highest BCUT2D eigenvalue weighted by Crippen LogP contribution is 2.22. The standard InChI is InChI=1S/C15H18N2O2S/c1-2-12(14-8-5-9-20-14)17-15(18)10-19-13-7-4-3-6-11(13)16/h3-9,12H,2,10,16H2,1H3,(H,17,18). The molecule has 0 bridgehead atoms. The van der Waals surface area contributed by atoms with Crippen molar-refractivity contribution in [1.29, 1.82) is 0 Å². The fourth-order valence-electron chi connectivity index (χ4n) is 1.86. The van der Waals surface area contributed by atoms with Crippen LogP contribution in [0, 0.1) is 0 Å². The van der Waals surface area contributed by atoms with Gasteiger partial charge in [0.15, 0.2) is 6.61 Å². The Balaban J connectivity index is 1.88. The van der Waals surface area contributed by atoms with Gasteiger partial charge in [0.25, 0.3) is 5.91 Å². The molecule has 1 amide bonds. The lowest BCUT2D eigenvalue weighted by molar-refractivity contribution is -0.123. The lowest BCUT2D eigenvalue weighted by atomic mass is 10.2. The van der Waals surface area contributed by atoms with Crippen LogP contribution in [0.5, 0.6) is 5.75 Å². The molecule has 0 aliphatic carbocycles. The molecule has 0 radical (unpaired) electrons. The van der Waals surface area contributed by atoms with Gasteiger partial charge in [-0.15, -0.1) is 11.3 Å². The molecule has 5 heteroatoms. The number of hydrogen-bond acceptors (Lipinski definition) is 4. The maximum atomic E-state index is 11.9. The Morgan fingerprint density at radius 1 is 1.35 bits per heavy atom. The molecule has 1 heterocycles. The summed E-state index contributed by atoms with van der Waals surface area (Å²) < 4.78 is 5.43. The highest BCUT2D eigenvalue weighted by molar-refractivity contribution is 7.10. The predicted octanol–water partition coefficient (Wildman–Crippen LogP) is 2.98. The molecule has 1 aromatic carbocycles. The molecule has 0 spiro atoms. The zero-order chi connectivity index (χ0) is 14.4. The second-order valence-electron chi connectivity index (χ2n) is 4.37. The normalized spacial score (nSPS) is 11.8. The van der Waals surface area contributed by atoms with E-state index in [2.05, 4.69) is 5.32 Å². The summed E-state index contributed by atoms with van der Waals surface area (Å²) >= 11 is 1.64. The SMILES string of the molecule is CCC(NC(=O)COc1ccccc1N)c1cccs1. The van der Waals surface area contributed by atoms with Crippen LogP contribution in [0.3, 0.4) is 0 Å². The molecule has 4 nitrogen and oxygen atoms in total. The summed E-state index contributed by atoms with van der Waals surface area (Å²) in [5, 5.41) is 4.97. The smallest absolute Gasteiger partial charge is 0.258 e. The highest BCUT2D eigenvalue weighted by Gasteiger charge is 2.14. The molecular weight excluding hydrogens is 272 g/mol. The lowest BCUT2D eigenvalue weighted by Crippen LogP contribution is -2.32. The van der Waals surface area contributed by atoms with Crippen molar-refractivity contribution >= 4 is 22.9 Å². The number of carbonyl (C=O) groups excluding carboxylic acids is 1. The molecule has 1 atom stereocenters. The van der Waals surface area contributed by atoms with Crippen molar-refractivity contribution in [3.63, 3.8) is 0 Å². The molecule has 0 aliphatic heterocycles. The van der Waals surface area contributed by atoms with Gasteiger partial charge in [0.05, 0.1) is 11.7 Å². The van der Waals surface area contributed by atoms with Crippen molar-refractivity contribution in [3.05, 3.63) is 46.7 Å². The first-order valence-electron chi connectivity index (χ1n) is 6.50. The zero-order valence-electron chi connectivity index (χ0n) is 11.3. The van der Waals surface area contributed by atoms with E-state index in [4.69, 9.17) is 10.5 Å². The fraction of sp³-hybridized carbons (Fsp3) is 0.267. The van der Waals surface area contributed by atoms with Gasteiger partial charge in [0.2, 0.25) is 0 Å². The Kier molecular flexibility index (Phi) is 5.01. The first-order valence-corrected chi connectivity index (χ1v) is 7.38. The van der Waals surface area contributed by atoms with E-state index >= 15 is 0 Å². The third-order valence-corrected chi connectivity index (χ3v) is 3.89. The van der Waals surface area contributed by atoms with Crippen LogP contribution in [0.4, 0.5) is 5.69 Å². The second kappa shape index (κ2) is 6.96. The van der Waals surface area contributed by atoms with Crippen LogP contribution in [0.25, 0.3) is 0 Å². The Morgan fingerprint density at radius 3 is 2.80 bits per heavy atom. The average Bonchev–Trinajstić information content (AvgIpc) is 2.98. The van der Waals surface area contributed by atoms with Crippen molar-refractivity contribution in [1.82, 2.24) is 5.32 Å². The molecule has 2 rings (SSSR count). The molecule has 0 fully saturated rings. The quantitative estimate of drug-likeness (QED) is 0.804. The number of nitrogens with two attached hydrogens (primary N) is 1. The molecule has 0 aliphatic rings. The number of thiophene rings is 1. The Hall–Kier alpha value is -2.01. The Labute approximate surface area is 122 Å². The summed E-state index contributed by atoms with van der Waals surface area (Å²) in [6.45, 7) is 2.01. The van der Waals surface area contributed by atoms with Gasteiger partial charge in [-0.05, 0) is 30.0 Å². The summed E-state index contributed by atoms with van der Waals surface area (Å²) in [6.07, 6.45) is 0.847. The number of hydrogen-bond donors (Lipinski definition) is 2. The number of anilines is 1. The molecule has 20 heavy (non-hydrogen) atoms. The minimum Gasteiger partial charge on any atom is -0.482 e. The van der Waals surface area contributed by atoms with Crippen molar-refractivity contribution in [3.8, 4) is 5.75 Å². The van der Waals surface area contributed by atoms with Crippen molar-refractivity contribution in [2.45, 2.75) is 19.4 Å². The highest BCUT2D eigenvalue weighted by atomic mass is 32.1. The van der Waals surface area contributed by atoms with E-state index in [0.29, 0.717) is 11.4 Å². The van der Waals surface area contributed by atoms with Crippen LogP contribution in [0.2, 0.25) is 0 Å². The van der Waals surface area contributed by atoms with E-state index in [0.717, 1.165) is 11.3 Å². The maximum Gasteiger partial charge on any atom is 0.258 e. The van der Waals surface area contributed by atoms with E-state index in [9.17, 15) is 4.79 Å². The molecule has 3 N–H and O–H groups in total. The summed E-state index contributed by atoms with van der Waals surface area (Å²) in [4.78, 5) is 13.1. The third kappa shape index (κ3) is 3.74. The van der Waals surface area contributed by atoms with Gasteiger partial charge < -0.3 is 15.8 Å². The Morgan fingerprint density at radius 2 is 2.15 bits per heavy atom. The number of carbonyl (C=O) groups is 1. The third-order valence-electron chi connectivity index (χ3n) is 2.91. The van der Waals surface area contributed by atoms with Crippen LogP contribution in [-0.4, -0.2) is 12.5 Å². The number of nitrogen functional groups attached to an aromatic ring is 1. The van der Waals surface area contributed by atoms with Crippen molar-refractivity contribution < 1.29 is 9.53 Å². The minimum atomic E-state index is -0.145. The van der Waals surface area contributed by atoms with Gasteiger partial charge in [-0.25, -0.2) is 0 Å². The number of rotatable bonds is 6. The van der Waals surface area contributed by atoms with Crippen LogP contribution in [0.1, 0.15) is 24.3 Å². The van der Waals surface area contributed by atoms with E-state index in [1.54, 1.807) is 23.5 Å². The molecule has 1 unspecified atom stereocenters. The molecule has 106 valence electrons. The predicted molar refractivity (Wildman–Crippen MR) is 81.8 cm³/mol. The molecule has 1 aromatic heterocycles. The molecular formula is C15H18N2O2S. The summed E-state index contributed by atoms with van der Waals surface area (Å²) in [5.74, 6) is 0.389.